The lowest BCUT2D eigenvalue weighted by Gasteiger charge is -2.05. The third kappa shape index (κ3) is 6.76. The molecule has 1 aromatic carbocycles. The first-order valence-electron chi connectivity index (χ1n) is 5.02. The van der Waals surface area contributed by atoms with E-state index in [1.807, 2.05) is 0 Å². The molecule has 0 radical (unpaired) electrons. The molecule has 0 amide bonds. The fraction of sp³-hybridized carbons (Fsp3) is 0.250. The van der Waals surface area contributed by atoms with Crippen LogP contribution < -0.4 is 0 Å². The number of benzene rings is 1. The summed E-state index contributed by atoms with van der Waals surface area (Å²) in [4.78, 5) is 10.8. The van der Waals surface area contributed by atoms with Crippen molar-refractivity contribution in [3.05, 3.63) is 35.9 Å². The molecule has 0 aliphatic heterocycles. The van der Waals surface area contributed by atoms with Gasteiger partial charge in [-0.05, 0) is 29.5 Å². The monoisotopic (exact) mass is 292 g/mol. The molecule has 6 heteroatoms. The molecule has 0 aliphatic rings. The molecule has 1 nitrogen and oxygen atoms in total. The second-order valence-corrected chi connectivity index (χ2v) is 5.66. The van der Waals surface area contributed by atoms with Gasteiger partial charge in [0.25, 0.3) is 0 Å². The van der Waals surface area contributed by atoms with E-state index in [4.69, 9.17) is 0 Å². The van der Waals surface area contributed by atoms with Gasteiger partial charge in [-0.15, -0.1) is 0 Å². The molecule has 0 unspecified atom stereocenters. The van der Waals surface area contributed by atoms with Gasteiger partial charge in [-0.3, -0.25) is 4.79 Å². The summed E-state index contributed by atoms with van der Waals surface area (Å²) in [6.45, 7) is 1.49. The maximum Gasteiger partial charge on any atom is 0.446 e. The Labute approximate surface area is 112 Å². The molecule has 0 atom stereocenters. The van der Waals surface area contributed by atoms with Gasteiger partial charge in [-0.25, -0.2) is 0 Å². The minimum absolute atomic E-state index is 0.0385. The highest BCUT2D eigenvalue weighted by molar-refractivity contribution is 8.13. The first-order valence-corrected chi connectivity index (χ1v) is 6.83. The van der Waals surface area contributed by atoms with E-state index in [2.05, 4.69) is 0 Å². The van der Waals surface area contributed by atoms with E-state index in [1.54, 1.807) is 24.3 Å². The summed E-state index contributed by atoms with van der Waals surface area (Å²) in [5.41, 5.74) is -3.44. The van der Waals surface area contributed by atoms with Gasteiger partial charge in [-0.2, -0.15) is 13.2 Å². The molecule has 98 valence electrons. The molecule has 0 saturated carbocycles. The van der Waals surface area contributed by atoms with Gasteiger partial charge in [0, 0.05) is 17.6 Å². The Kier molecular flexibility index (Phi) is 5.81. The van der Waals surface area contributed by atoms with E-state index in [1.165, 1.54) is 30.8 Å². The lowest BCUT2D eigenvalue weighted by molar-refractivity contribution is -0.109. The minimum atomic E-state index is -4.25. The number of rotatable bonds is 4. The molecule has 0 bridgehead atoms. The predicted octanol–water partition coefficient (Wildman–Crippen LogP) is 4.59. The average molecular weight is 292 g/mol. The number of halogens is 3. The number of hydrogen-bond donors (Lipinski definition) is 0. The van der Waals surface area contributed by atoms with Gasteiger partial charge >= 0.3 is 5.51 Å². The summed E-state index contributed by atoms with van der Waals surface area (Å²) >= 11 is 1.05. The lowest BCUT2D eigenvalue weighted by atomic mass is 10.2. The molecule has 0 N–H and O–H groups in total. The average Bonchev–Trinajstić information content (AvgIpc) is 2.24. The zero-order valence-electron chi connectivity index (χ0n) is 9.53. The van der Waals surface area contributed by atoms with E-state index in [-0.39, 0.29) is 21.8 Å². The van der Waals surface area contributed by atoms with Crippen molar-refractivity contribution in [3.8, 4) is 0 Å². The summed E-state index contributed by atoms with van der Waals surface area (Å²) in [6, 6.07) is 6.08. The van der Waals surface area contributed by atoms with Crippen molar-refractivity contribution in [3.63, 3.8) is 0 Å². The normalized spacial score (nSPS) is 12.0. The van der Waals surface area contributed by atoms with Crippen LogP contribution in [0.15, 0.2) is 35.2 Å². The molecule has 0 fully saturated rings. The SMILES string of the molecule is CC(=O)SCC=Cc1ccc(SC(F)(F)F)cc1. The van der Waals surface area contributed by atoms with Crippen molar-refractivity contribution in [2.75, 3.05) is 5.75 Å². The number of alkyl halides is 3. The zero-order valence-corrected chi connectivity index (χ0v) is 11.2. The van der Waals surface area contributed by atoms with Crippen LogP contribution in [0, 0.1) is 0 Å². The van der Waals surface area contributed by atoms with E-state index < -0.39 is 5.51 Å². The van der Waals surface area contributed by atoms with Crippen LogP contribution >= 0.6 is 23.5 Å². The minimum Gasteiger partial charge on any atom is -0.288 e. The topological polar surface area (TPSA) is 17.1 Å². The Bertz CT molecular complexity index is 424. The molecule has 18 heavy (non-hydrogen) atoms. The molecule has 1 rings (SSSR count). The summed E-state index contributed by atoms with van der Waals surface area (Å²) in [5, 5.41) is 0.0385. The Morgan fingerprint density at radius 1 is 1.28 bits per heavy atom. The Balaban J connectivity index is 2.52. The third-order valence-electron chi connectivity index (χ3n) is 1.81. The van der Waals surface area contributed by atoms with Gasteiger partial charge in [0.05, 0.1) is 0 Å². The highest BCUT2D eigenvalue weighted by Gasteiger charge is 2.28. The standard InChI is InChI=1S/C12H11F3OS2/c1-9(16)17-8-2-3-10-4-6-11(7-5-10)18-12(13,14)15/h2-7H,8H2,1H3. The highest BCUT2D eigenvalue weighted by Crippen LogP contribution is 2.36. The smallest absolute Gasteiger partial charge is 0.288 e. The van der Waals surface area contributed by atoms with Crippen LogP contribution in [0.3, 0.4) is 0 Å². The highest BCUT2D eigenvalue weighted by atomic mass is 32.2. The molecule has 0 heterocycles. The van der Waals surface area contributed by atoms with Crippen LogP contribution in [0.25, 0.3) is 6.08 Å². The summed E-state index contributed by atoms with van der Waals surface area (Å²) in [6.07, 6.45) is 3.58. The van der Waals surface area contributed by atoms with Crippen LogP contribution in [0.4, 0.5) is 13.2 Å². The Hall–Kier alpha value is -0.880. The van der Waals surface area contributed by atoms with Gasteiger partial charge in [0.1, 0.15) is 0 Å². The van der Waals surface area contributed by atoms with Crippen LogP contribution in [-0.2, 0) is 4.79 Å². The predicted molar refractivity (Wildman–Crippen MR) is 70.5 cm³/mol. The summed E-state index contributed by atoms with van der Waals surface area (Å²) < 4.78 is 36.2. The van der Waals surface area contributed by atoms with Crippen molar-refractivity contribution in [2.45, 2.75) is 17.3 Å². The fourth-order valence-electron chi connectivity index (χ4n) is 1.13. The van der Waals surface area contributed by atoms with E-state index in [0.717, 1.165) is 5.56 Å². The Morgan fingerprint density at radius 2 is 1.89 bits per heavy atom. The third-order valence-corrected chi connectivity index (χ3v) is 3.31. The molecule has 0 saturated heterocycles. The van der Waals surface area contributed by atoms with Crippen molar-refractivity contribution < 1.29 is 18.0 Å². The van der Waals surface area contributed by atoms with E-state index in [9.17, 15) is 18.0 Å². The quantitative estimate of drug-likeness (QED) is 0.755. The summed E-state index contributed by atoms with van der Waals surface area (Å²) in [5.74, 6) is 0.564. The van der Waals surface area contributed by atoms with Crippen molar-refractivity contribution >= 4 is 34.7 Å². The zero-order chi connectivity index (χ0) is 13.6. The van der Waals surface area contributed by atoms with Crippen molar-refractivity contribution in [1.29, 1.82) is 0 Å². The van der Waals surface area contributed by atoms with Gasteiger partial charge in [0.2, 0.25) is 0 Å². The van der Waals surface area contributed by atoms with Crippen molar-refractivity contribution in [1.82, 2.24) is 0 Å². The molecule has 1 aromatic rings. The first kappa shape index (κ1) is 15.2. The maximum absolute atomic E-state index is 12.1. The molecule has 0 aromatic heterocycles. The van der Waals surface area contributed by atoms with Gasteiger partial charge in [0.15, 0.2) is 5.12 Å². The second-order valence-electron chi connectivity index (χ2n) is 3.32. The Morgan fingerprint density at radius 3 is 2.39 bits per heavy atom. The molecular weight excluding hydrogens is 281 g/mol. The fourth-order valence-corrected chi connectivity index (χ4v) is 2.10. The number of carbonyl (C=O) groups excluding carboxylic acids is 1. The molecular formula is C12H11F3OS2. The van der Waals surface area contributed by atoms with Gasteiger partial charge < -0.3 is 0 Å². The van der Waals surface area contributed by atoms with Crippen LogP contribution in [0.2, 0.25) is 0 Å². The van der Waals surface area contributed by atoms with E-state index in [0.29, 0.717) is 5.75 Å². The largest absolute Gasteiger partial charge is 0.446 e. The molecule has 0 spiro atoms. The maximum atomic E-state index is 12.1. The number of carbonyl (C=O) groups is 1. The van der Waals surface area contributed by atoms with E-state index >= 15 is 0 Å². The second kappa shape index (κ2) is 6.89. The number of hydrogen-bond acceptors (Lipinski definition) is 3. The summed E-state index contributed by atoms with van der Waals surface area (Å²) in [7, 11) is 0. The lowest BCUT2D eigenvalue weighted by Crippen LogP contribution is -1.98. The molecule has 0 aliphatic carbocycles. The van der Waals surface area contributed by atoms with Crippen LogP contribution in [0.1, 0.15) is 12.5 Å². The van der Waals surface area contributed by atoms with Gasteiger partial charge in [-0.1, -0.05) is 36.0 Å². The first-order chi connectivity index (χ1) is 8.37. The number of thioether (sulfide) groups is 2. The van der Waals surface area contributed by atoms with Crippen LogP contribution in [-0.4, -0.2) is 16.4 Å². The van der Waals surface area contributed by atoms with Crippen LogP contribution in [0.5, 0.6) is 0 Å². The van der Waals surface area contributed by atoms with Crippen molar-refractivity contribution in [2.24, 2.45) is 0 Å².